The summed E-state index contributed by atoms with van der Waals surface area (Å²) in [5.74, 6) is 0.821. The van der Waals surface area contributed by atoms with Gasteiger partial charge >= 0.3 is 0 Å². The van der Waals surface area contributed by atoms with Crippen molar-refractivity contribution >= 4 is 5.96 Å². The third-order valence-electron chi connectivity index (χ3n) is 5.00. The van der Waals surface area contributed by atoms with Crippen LogP contribution in [0, 0.1) is 6.92 Å². The molecule has 0 aliphatic carbocycles. The molecule has 28 heavy (non-hydrogen) atoms. The highest BCUT2D eigenvalue weighted by Gasteiger charge is 2.23. The smallest absolute Gasteiger partial charge is 0.191 e. The van der Waals surface area contributed by atoms with Gasteiger partial charge in [-0.25, -0.2) is 0 Å². The van der Waals surface area contributed by atoms with E-state index in [-0.39, 0.29) is 6.04 Å². The van der Waals surface area contributed by atoms with Crippen LogP contribution in [-0.4, -0.2) is 62.3 Å². The average Bonchev–Trinajstić information content (AvgIpc) is 2.74. The van der Waals surface area contributed by atoms with E-state index in [1.807, 2.05) is 31.4 Å². The molecule has 0 saturated carbocycles. The minimum absolute atomic E-state index is 0.290. The third kappa shape index (κ3) is 6.04. The van der Waals surface area contributed by atoms with Gasteiger partial charge in [-0.05, 0) is 24.6 Å². The maximum absolute atomic E-state index is 5.55. The third-order valence-corrected chi connectivity index (χ3v) is 5.00. The molecule has 2 heterocycles. The van der Waals surface area contributed by atoms with Gasteiger partial charge in [0.25, 0.3) is 0 Å². The van der Waals surface area contributed by atoms with Gasteiger partial charge in [0.1, 0.15) is 0 Å². The number of aryl methyl sites for hydroxylation is 1. The fraction of sp³-hybridized carbons (Fsp3) is 0.455. The number of ether oxygens (including phenoxy) is 1. The molecular formula is C22H31N5O. The van der Waals surface area contributed by atoms with E-state index >= 15 is 0 Å². The number of morpholine rings is 1. The van der Waals surface area contributed by atoms with Crippen LogP contribution in [-0.2, 0) is 11.2 Å². The van der Waals surface area contributed by atoms with Gasteiger partial charge < -0.3 is 15.4 Å². The lowest BCUT2D eigenvalue weighted by atomic mass is 10.0. The molecule has 6 nitrogen and oxygen atoms in total. The number of benzene rings is 1. The predicted molar refractivity (Wildman–Crippen MR) is 114 cm³/mol. The lowest BCUT2D eigenvalue weighted by Crippen LogP contribution is -2.46. The molecule has 150 valence electrons. The Morgan fingerprint density at radius 1 is 1.18 bits per heavy atom. The molecule has 0 amide bonds. The van der Waals surface area contributed by atoms with Crippen molar-refractivity contribution < 1.29 is 4.74 Å². The van der Waals surface area contributed by atoms with Crippen molar-refractivity contribution in [2.45, 2.75) is 19.4 Å². The molecule has 1 atom stereocenters. The van der Waals surface area contributed by atoms with Gasteiger partial charge in [0.05, 0.1) is 19.3 Å². The second-order valence-electron chi connectivity index (χ2n) is 7.03. The molecule has 1 unspecified atom stereocenters. The SMILES string of the molecule is CN=C(NCCc1ccccn1)NCC(c1cccc(C)c1)N1CCOCC1. The molecule has 1 saturated heterocycles. The van der Waals surface area contributed by atoms with Gasteiger partial charge in [0.15, 0.2) is 5.96 Å². The molecule has 1 fully saturated rings. The van der Waals surface area contributed by atoms with E-state index < -0.39 is 0 Å². The van der Waals surface area contributed by atoms with E-state index in [4.69, 9.17) is 4.74 Å². The maximum Gasteiger partial charge on any atom is 0.191 e. The molecule has 1 aromatic heterocycles. The molecular weight excluding hydrogens is 350 g/mol. The zero-order chi connectivity index (χ0) is 19.6. The highest BCUT2D eigenvalue weighted by Crippen LogP contribution is 2.22. The summed E-state index contributed by atoms with van der Waals surface area (Å²) in [6.07, 6.45) is 2.70. The first kappa shape index (κ1) is 20.3. The van der Waals surface area contributed by atoms with Crippen LogP contribution in [0.2, 0.25) is 0 Å². The minimum atomic E-state index is 0.290. The molecule has 0 spiro atoms. The quantitative estimate of drug-likeness (QED) is 0.569. The summed E-state index contributed by atoms with van der Waals surface area (Å²) in [6.45, 7) is 7.22. The Labute approximate surface area is 168 Å². The van der Waals surface area contributed by atoms with E-state index in [2.05, 4.69) is 56.7 Å². The summed E-state index contributed by atoms with van der Waals surface area (Å²) in [5, 5.41) is 6.90. The summed E-state index contributed by atoms with van der Waals surface area (Å²) in [5.41, 5.74) is 3.70. The zero-order valence-electron chi connectivity index (χ0n) is 16.9. The van der Waals surface area contributed by atoms with Crippen molar-refractivity contribution in [1.82, 2.24) is 20.5 Å². The Hall–Kier alpha value is -2.44. The summed E-state index contributed by atoms with van der Waals surface area (Å²) in [6, 6.07) is 15.1. The van der Waals surface area contributed by atoms with Crippen molar-refractivity contribution in [3.8, 4) is 0 Å². The van der Waals surface area contributed by atoms with E-state index in [1.165, 1.54) is 11.1 Å². The highest BCUT2D eigenvalue weighted by molar-refractivity contribution is 5.79. The first-order valence-corrected chi connectivity index (χ1v) is 9.99. The number of nitrogens with zero attached hydrogens (tertiary/aromatic N) is 3. The van der Waals surface area contributed by atoms with Crippen molar-refractivity contribution in [2.24, 2.45) is 4.99 Å². The molecule has 0 radical (unpaired) electrons. The number of guanidine groups is 1. The number of aliphatic imine (C=N–C) groups is 1. The van der Waals surface area contributed by atoms with Crippen molar-refractivity contribution in [2.75, 3.05) is 46.4 Å². The van der Waals surface area contributed by atoms with Crippen molar-refractivity contribution in [3.05, 3.63) is 65.5 Å². The predicted octanol–water partition coefficient (Wildman–Crippen LogP) is 2.17. The van der Waals surface area contributed by atoms with Gasteiger partial charge in [0.2, 0.25) is 0 Å². The van der Waals surface area contributed by atoms with Gasteiger partial charge in [-0.15, -0.1) is 0 Å². The van der Waals surface area contributed by atoms with Crippen LogP contribution in [0.5, 0.6) is 0 Å². The fourth-order valence-electron chi connectivity index (χ4n) is 3.49. The van der Waals surface area contributed by atoms with Crippen molar-refractivity contribution in [3.63, 3.8) is 0 Å². The van der Waals surface area contributed by atoms with Crippen LogP contribution in [0.25, 0.3) is 0 Å². The van der Waals surface area contributed by atoms with Gasteiger partial charge in [-0.2, -0.15) is 0 Å². The highest BCUT2D eigenvalue weighted by atomic mass is 16.5. The van der Waals surface area contributed by atoms with Crippen molar-refractivity contribution in [1.29, 1.82) is 0 Å². The van der Waals surface area contributed by atoms with Crippen LogP contribution < -0.4 is 10.6 Å². The second-order valence-corrected chi connectivity index (χ2v) is 7.03. The lowest BCUT2D eigenvalue weighted by molar-refractivity contribution is 0.0170. The monoisotopic (exact) mass is 381 g/mol. The maximum atomic E-state index is 5.55. The lowest BCUT2D eigenvalue weighted by Gasteiger charge is -2.35. The summed E-state index contributed by atoms with van der Waals surface area (Å²) in [4.78, 5) is 11.2. The van der Waals surface area contributed by atoms with E-state index in [9.17, 15) is 0 Å². The summed E-state index contributed by atoms with van der Waals surface area (Å²) in [7, 11) is 1.81. The molecule has 2 N–H and O–H groups in total. The van der Waals surface area contributed by atoms with E-state index in [1.54, 1.807) is 0 Å². The Balaban J connectivity index is 1.58. The Morgan fingerprint density at radius 3 is 2.75 bits per heavy atom. The number of nitrogens with one attached hydrogen (secondary N) is 2. The van der Waals surface area contributed by atoms with Crippen LogP contribution in [0.3, 0.4) is 0 Å². The molecule has 1 aliphatic rings. The minimum Gasteiger partial charge on any atom is -0.379 e. The standard InChI is InChI=1S/C22H31N5O/c1-18-6-5-7-19(16-18)21(27-12-14-28-15-13-27)17-26-22(23-2)25-11-9-20-8-3-4-10-24-20/h3-8,10,16,21H,9,11-15,17H2,1-2H3,(H2,23,25,26). The molecule has 3 rings (SSSR count). The number of pyridine rings is 1. The van der Waals surface area contributed by atoms with E-state index in [0.717, 1.165) is 57.5 Å². The second kappa shape index (κ2) is 10.8. The van der Waals surface area contributed by atoms with Gasteiger partial charge in [-0.3, -0.25) is 14.9 Å². The molecule has 2 aromatic rings. The first-order chi connectivity index (χ1) is 13.8. The van der Waals surface area contributed by atoms with Gasteiger partial charge in [-0.1, -0.05) is 35.9 Å². The Kier molecular flexibility index (Phi) is 7.82. The average molecular weight is 382 g/mol. The number of rotatable bonds is 7. The molecule has 0 bridgehead atoms. The molecule has 6 heteroatoms. The topological polar surface area (TPSA) is 61.8 Å². The Morgan fingerprint density at radius 2 is 2.04 bits per heavy atom. The van der Waals surface area contributed by atoms with Crippen LogP contribution in [0.1, 0.15) is 22.9 Å². The van der Waals surface area contributed by atoms with Crippen LogP contribution in [0.4, 0.5) is 0 Å². The first-order valence-electron chi connectivity index (χ1n) is 9.99. The fourth-order valence-corrected chi connectivity index (χ4v) is 3.49. The molecule has 1 aliphatic heterocycles. The number of aromatic nitrogens is 1. The largest absolute Gasteiger partial charge is 0.379 e. The number of hydrogen-bond acceptors (Lipinski definition) is 4. The van der Waals surface area contributed by atoms with E-state index in [0.29, 0.717) is 0 Å². The summed E-state index contributed by atoms with van der Waals surface area (Å²) >= 11 is 0. The van der Waals surface area contributed by atoms with Crippen LogP contribution in [0.15, 0.2) is 53.7 Å². The summed E-state index contributed by atoms with van der Waals surface area (Å²) < 4.78 is 5.55. The molecule has 1 aromatic carbocycles. The Bertz CT molecular complexity index is 744. The normalized spacial score (nSPS) is 16.6. The zero-order valence-corrected chi connectivity index (χ0v) is 16.9. The van der Waals surface area contributed by atoms with Gasteiger partial charge in [0, 0.05) is 51.5 Å². The number of hydrogen-bond donors (Lipinski definition) is 2. The van der Waals surface area contributed by atoms with Crippen LogP contribution >= 0.6 is 0 Å².